The number of benzene rings is 2. The molecule has 0 aliphatic carbocycles. The van der Waals surface area contributed by atoms with Gasteiger partial charge in [-0.25, -0.2) is 0 Å². The van der Waals surface area contributed by atoms with Crippen molar-refractivity contribution in [2.45, 2.75) is 0 Å². The molecule has 0 spiro atoms. The van der Waals surface area contributed by atoms with Gasteiger partial charge in [-0.3, -0.25) is 9.59 Å². The summed E-state index contributed by atoms with van der Waals surface area (Å²) in [5.74, 6) is 0.732. The number of carbonyl (C=O) groups excluding carboxylic acids is 2. The maximum absolute atomic E-state index is 12.1. The second kappa shape index (κ2) is 10.7. The zero-order valence-electron chi connectivity index (χ0n) is 16.2. The molecule has 2 rings (SSSR count). The summed E-state index contributed by atoms with van der Waals surface area (Å²) in [5, 5.41) is 5.48. The summed E-state index contributed by atoms with van der Waals surface area (Å²) in [5.41, 5.74) is 1.90. The topological polar surface area (TPSA) is 85.9 Å². The van der Waals surface area contributed by atoms with Crippen LogP contribution < -0.4 is 20.1 Å². The highest BCUT2D eigenvalue weighted by Crippen LogP contribution is 2.27. The Labute approximate surface area is 164 Å². The number of hydrogen-bond donors (Lipinski definition) is 2. The predicted octanol–water partition coefficient (Wildman–Crippen LogP) is 2.73. The van der Waals surface area contributed by atoms with Crippen LogP contribution in [0.15, 0.2) is 48.5 Å². The van der Waals surface area contributed by atoms with Gasteiger partial charge in [-0.15, -0.1) is 0 Å². The first-order valence-corrected chi connectivity index (χ1v) is 8.65. The fourth-order valence-corrected chi connectivity index (χ4v) is 2.39. The Morgan fingerprint density at radius 1 is 0.964 bits per heavy atom. The van der Waals surface area contributed by atoms with Gasteiger partial charge in [0.2, 0.25) is 5.91 Å². The molecule has 2 N–H and O–H groups in total. The minimum absolute atomic E-state index is 0.191. The van der Waals surface area contributed by atoms with Crippen molar-refractivity contribution in [3.8, 4) is 11.5 Å². The molecule has 0 radical (unpaired) electrons. The third-order valence-corrected chi connectivity index (χ3v) is 3.84. The summed E-state index contributed by atoms with van der Waals surface area (Å²) in [6, 6.07) is 12.0. The molecule has 7 nitrogen and oxygen atoms in total. The maximum Gasteiger partial charge on any atom is 0.251 e. The standard InChI is InChI=1S/C21H24N2O5/c1-26-13-12-22-21(25)16-6-8-17(9-7-16)23-20(24)11-5-15-4-10-18(27-2)19(14-15)28-3/h4-11,14H,12-13H2,1-3H3,(H,22,25)(H,23,24)/b11-5+. The van der Waals surface area contributed by atoms with E-state index in [1.165, 1.54) is 6.08 Å². The van der Waals surface area contributed by atoms with Crippen LogP contribution in [0.3, 0.4) is 0 Å². The average Bonchev–Trinajstić information content (AvgIpc) is 2.72. The molecular formula is C21H24N2O5. The predicted molar refractivity (Wildman–Crippen MR) is 108 cm³/mol. The Bertz CT molecular complexity index is 831. The van der Waals surface area contributed by atoms with E-state index in [-0.39, 0.29) is 11.8 Å². The minimum Gasteiger partial charge on any atom is -0.493 e. The summed E-state index contributed by atoms with van der Waals surface area (Å²) in [6.45, 7) is 0.890. The van der Waals surface area contributed by atoms with Crippen LogP contribution in [-0.4, -0.2) is 46.3 Å². The van der Waals surface area contributed by atoms with Crippen LogP contribution in [0.25, 0.3) is 6.08 Å². The lowest BCUT2D eigenvalue weighted by atomic mass is 10.1. The second-order valence-electron chi connectivity index (χ2n) is 5.76. The minimum atomic E-state index is -0.285. The van der Waals surface area contributed by atoms with Crippen LogP contribution >= 0.6 is 0 Å². The highest BCUT2D eigenvalue weighted by molar-refractivity contribution is 6.02. The van der Waals surface area contributed by atoms with E-state index in [2.05, 4.69) is 10.6 Å². The summed E-state index contributed by atoms with van der Waals surface area (Å²) in [7, 11) is 4.69. The van der Waals surface area contributed by atoms with E-state index in [0.29, 0.717) is 35.9 Å². The number of anilines is 1. The molecule has 0 bridgehead atoms. The van der Waals surface area contributed by atoms with Gasteiger partial charge in [0.15, 0.2) is 11.5 Å². The fourth-order valence-electron chi connectivity index (χ4n) is 2.39. The van der Waals surface area contributed by atoms with Crippen LogP contribution in [-0.2, 0) is 9.53 Å². The zero-order valence-corrected chi connectivity index (χ0v) is 16.2. The van der Waals surface area contributed by atoms with Gasteiger partial charge in [0.25, 0.3) is 5.91 Å². The molecule has 0 aliphatic heterocycles. The van der Waals surface area contributed by atoms with E-state index < -0.39 is 0 Å². The first kappa shape index (κ1) is 21.0. The quantitative estimate of drug-likeness (QED) is 0.513. The van der Waals surface area contributed by atoms with Gasteiger partial charge >= 0.3 is 0 Å². The fraction of sp³-hybridized carbons (Fsp3) is 0.238. The summed E-state index contributed by atoms with van der Waals surface area (Å²) < 4.78 is 15.3. The first-order chi connectivity index (χ1) is 13.6. The van der Waals surface area contributed by atoms with Crippen LogP contribution in [0.4, 0.5) is 5.69 Å². The molecule has 0 saturated carbocycles. The molecule has 0 saturated heterocycles. The molecule has 0 aromatic heterocycles. The highest BCUT2D eigenvalue weighted by Gasteiger charge is 2.06. The van der Waals surface area contributed by atoms with Crippen molar-refractivity contribution in [2.75, 3.05) is 39.8 Å². The lowest BCUT2D eigenvalue weighted by molar-refractivity contribution is -0.111. The van der Waals surface area contributed by atoms with E-state index in [1.807, 2.05) is 6.07 Å². The number of methoxy groups -OCH3 is 3. The Morgan fingerprint density at radius 2 is 1.68 bits per heavy atom. The number of nitrogens with one attached hydrogen (secondary N) is 2. The molecule has 7 heteroatoms. The van der Waals surface area contributed by atoms with Gasteiger partial charge in [-0.1, -0.05) is 6.07 Å². The van der Waals surface area contributed by atoms with E-state index in [9.17, 15) is 9.59 Å². The van der Waals surface area contributed by atoms with Crippen molar-refractivity contribution in [1.82, 2.24) is 5.32 Å². The second-order valence-corrected chi connectivity index (χ2v) is 5.76. The SMILES string of the molecule is COCCNC(=O)c1ccc(NC(=O)/C=C/c2ccc(OC)c(OC)c2)cc1. The Morgan fingerprint density at radius 3 is 2.32 bits per heavy atom. The van der Waals surface area contributed by atoms with E-state index in [0.717, 1.165) is 5.56 Å². The number of ether oxygens (including phenoxy) is 3. The molecule has 2 amide bonds. The number of hydrogen-bond acceptors (Lipinski definition) is 5. The normalized spacial score (nSPS) is 10.5. The summed E-state index contributed by atoms with van der Waals surface area (Å²) >= 11 is 0. The third kappa shape index (κ3) is 6.14. The smallest absolute Gasteiger partial charge is 0.251 e. The van der Waals surface area contributed by atoms with E-state index in [1.54, 1.807) is 63.8 Å². The van der Waals surface area contributed by atoms with Crippen molar-refractivity contribution in [2.24, 2.45) is 0 Å². The van der Waals surface area contributed by atoms with Gasteiger partial charge in [0, 0.05) is 31.0 Å². The monoisotopic (exact) mass is 384 g/mol. The van der Waals surface area contributed by atoms with Gasteiger partial charge in [-0.05, 0) is 48.0 Å². The Kier molecular flexibility index (Phi) is 8.05. The first-order valence-electron chi connectivity index (χ1n) is 8.65. The van der Waals surface area contributed by atoms with Crippen molar-refractivity contribution >= 4 is 23.6 Å². The molecule has 0 fully saturated rings. The lowest BCUT2D eigenvalue weighted by Crippen LogP contribution is -2.26. The van der Waals surface area contributed by atoms with E-state index >= 15 is 0 Å². The van der Waals surface area contributed by atoms with Crippen LogP contribution in [0.2, 0.25) is 0 Å². The van der Waals surface area contributed by atoms with Crippen LogP contribution in [0.5, 0.6) is 11.5 Å². The molecule has 0 unspecified atom stereocenters. The molecule has 2 aromatic rings. The molecule has 2 aromatic carbocycles. The van der Waals surface area contributed by atoms with Crippen molar-refractivity contribution < 1.29 is 23.8 Å². The highest BCUT2D eigenvalue weighted by atomic mass is 16.5. The van der Waals surface area contributed by atoms with Crippen LogP contribution in [0.1, 0.15) is 15.9 Å². The summed E-state index contributed by atoms with van der Waals surface area (Å²) in [4.78, 5) is 24.0. The molecule has 0 heterocycles. The molecule has 0 aliphatic rings. The largest absolute Gasteiger partial charge is 0.493 e. The molecular weight excluding hydrogens is 360 g/mol. The van der Waals surface area contributed by atoms with Gasteiger partial charge in [0.1, 0.15) is 0 Å². The zero-order chi connectivity index (χ0) is 20.4. The lowest BCUT2D eigenvalue weighted by Gasteiger charge is -2.08. The van der Waals surface area contributed by atoms with E-state index in [4.69, 9.17) is 14.2 Å². The summed E-state index contributed by atoms with van der Waals surface area (Å²) in [6.07, 6.45) is 3.10. The number of carbonyl (C=O) groups is 2. The number of rotatable bonds is 9. The van der Waals surface area contributed by atoms with Gasteiger partial charge < -0.3 is 24.8 Å². The van der Waals surface area contributed by atoms with Crippen molar-refractivity contribution in [3.05, 3.63) is 59.7 Å². The maximum atomic E-state index is 12.1. The Balaban J connectivity index is 1.94. The van der Waals surface area contributed by atoms with Gasteiger partial charge in [-0.2, -0.15) is 0 Å². The number of amides is 2. The van der Waals surface area contributed by atoms with Crippen molar-refractivity contribution in [1.29, 1.82) is 0 Å². The van der Waals surface area contributed by atoms with Crippen molar-refractivity contribution in [3.63, 3.8) is 0 Å². The molecule has 28 heavy (non-hydrogen) atoms. The van der Waals surface area contributed by atoms with Gasteiger partial charge in [0.05, 0.1) is 20.8 Å². The average molecular weight is 384 g/mol. The molecule has 148 valence electrons. The van der Waals surface area contributed by atoms with Crippen LogP contribution in [0, 0.1) is 0 Å². The Hall–Kier alpha value is -3.32. The molecule has 0 atom stereocenters. The third-order valence-electron chi connectivity index (χ3n) is 3.84.